The van der Waals surface area contributed by atoms with Gasteiger partial charge in [-0.2, -0.15) is 0 Å². The molecule has 16 heavy (non-hydrogen) atoms. The van der Waals surface area contributed by atoms with Crippen molar-refractivity contribution < 1.29 is 9.21 Å². The molecule has 0 unspecified atom stereocenters. The summed E-state index contributed by atoms with van der Waals surface area (Å²) < 4.78 is 5.33. The monoisotopic (exact) mass is 219 g/mol. The van der Waals surface area contributed by atoms with Crippen LogP contribution in [0.5, 0.6) is 0 Å². The fraction of sp³-hybridized carbons (Fsp3) is 0.273. The molecule has 0 aliphatic carbocycles. The van der Waals surface area contributed by atoms with Crippen LogP contribution in [0.4, 0.5) is 5.82 Å². The van der Waals surface area contributed by atoms with Gasteiger partial charge in [-0.3, -0.25) is 4.79 Å². The molecule has 0 fully saturated rings. The number of carbonyl (C=O) groups excluding carboxylic acids is 1. The fourth-order valence-corrected chi connectivity index (χ4v) is 1.54. The van der Waals surface area contributed by atoms with Crippen molar-refractivity contribution in [2.24, 2.45) is 5.73 Å². The number of nitrogens with two attached hydrogens (primary N) is 1. The highest BCUT2D eigenvalue weighted by molar-refractivity contribution is 5.89. The van der Waals surface area contributed by atoms with Gasteiger partial charge in [0.2, 0.25) is 5.91 Å². The molecule has 0 saturated heterocycles. The first-order chi connectivity index (χ1) is 7.70. The highest BCUT2D eigenvalue weighted by Crippen LogP contribution is 2.21. The lowest BCUT2D eigenvalue weighted by molar-refractivity contribution is -0.114. The zero-order chi connectivity index (χ0) is 11.5. The molecule has 2 heterocycles. The molecular formula is C11H13N3O2. The van der Waals surface area contributed by atoms with Gasteiger partial charge in [0.15, 0.2) is 5.58 Å². The van der Waals surface area contributed by atoms with Crippen molar-refractivity contribution in [3.05, 3.63) is 24.0 Å². The van der Waals surface area contributed by atoms with E-state index in [1.165, 1.54) is 6.92 Å². The summed E-state index contributed by atoms with van der Waals surface area (Å²) in [5.74, 6) is 0.385. The van der Waals surface area contributed by atoms with Crippen LogP contribution in [0.15, 0.2) is 22.8 Å². The molecular weight excluding hydrogens is 206 g/mol. The minimum absolute atomic E-state index is 0.143. The van der Waals surface area contributed by atoms with Gasteiger partial charge in [0.05, 0.1) is 6.26 Å². The predicted octanol–water partition coefficient (Wildman–Crippen LogP) is 1.29. The van der Waals surface area contributed by atoms with Crippen LogP contribution in [0.25, 0.3) is 11.1 Å². The van der Waals surface area contributed by atoms with E-state index in [0.29, 0.717) is 24.4 Å². The van der Waals surface area contributed by atoms with E-state index in [4.69, 9.17) is 10.2 Å². The van der Waals surface area contributed by atoms with Crippen LogP contribution >= 0.6 is 0 Å². The molecule has 0 aliphatic heterocycles. The second-order valence-corrected chi connectivity index (χ2v) is 3.52. The number of aromatic nitrogens is 1. The molecule has 2 aromatic rings. The van der Waals surface area contributed by atoms with Crippen molar-refractivity contribution >= 4 is 22.8 Å². The van der Waals surface area contributed by atoms with Crippen LogP contribution in [0.1, 0.15) is 12.5 Å². The van der Waals surface area contributed by atoms with Crippen LogP contribution in [0.2, 0.25) is 0 Å². The normalized spacial score (nSPS) is 10.6. The number of nitrogens with zero attached hydrogens (tertiary/aromatic N) is 1. The van der Waals surface area contributed by atoms with Gasteiger partial charge in [-0.25, -0.2) is 4.98 Å². The number of hydrogen-bond donors (Lipinski definition) is 2. The van der Waals surface area contributed by atoms with E-state index < -0.39 is 0 Å². The Bertz CT molecular complexity index is 519. The molecule has 0 spiro atoms. The van der Waals surface area contributed by atoms with Crippen LogP contribution in [-0.2, 0) is 11.2 Å². The molecule has 0 radical (unpaired) electrons. The number of hydrogen-bond acceptors (Lipinski definition) is 4. The molecule has 3 N–H and O–H groups in total. The van der Waals surface area contributed by atoms with Crippen LogP contribution in [0.3, 0.4) is 0 Å². The zero-order valence-corrected chi connectivity index (χ0v) is 8.99. The first kappa shape index (κ1) is 10.6. The SMILES string of the molecule is CC(=O)Nc1ccc2occ(CCN)c2n1. The number of pyridine rings is 1. The zero-order valence-electron chi connectivity index (χ0n) is 8.99. The summed E-state index contributed by atoms with van der Waals surface area (Å²) in [5.41, 5.74) is 7.92. The molecule has 84 valence electrons. The highest BCUT2D eigenvalue weighted by atomic mass is 16.3. The molecule has 2 aromatic heterocycles. The van der Waals surface area contributed by atoms with Crippen LogP contribution < -0.4 is 11.1 Å². The summed E-state index contributed by atoms with van der Waals surface area (Å²) >= 11 is 0. The topological polar surface area (TPSA) is 81.2 Å². The number of amides is 1. The van der Waals surface area contributed by atoms with Gasteiger partial charge in [0, 0.05) is 12.5 Å². The van der Waals surface area contributed by atoms with E-state index in [-0.39, 0.29) is 5.91 Å². The minimum Gasteiger partial charge on any atom is -0.462 e. The summed E-state index contributed by atoms with van der Waals surface area (Å²) in [5, 5.41) is 2.63. The number of anilines is 1. The third-order valence-corrected chi connectivity index (χ3v) is 2.21. The minimum atomic E-state index is -0.143. The van der Waals surface area contributed by atoms with Gasteiger partial charge < -0.3 is 15.5 Å². The fourth-order valence-electron chi connectivity index (χ4n) is 1.54. The summed E-state index contributed by atoms with van der Waals surface area (Å²) in [4.78, 5) is 15.2. The Kier molecular flexibility index (Phi) is 2.87. The summed E-state index contributed by atoms with van der Waals surface area (Å²) in [6.45, 7) is 1.99. The predicted molar refractivity (Wildman–Crippen MR) is 61.1 cm³/mol. The second kappa shape index (κ2) is 4.32. The Morgan fingerprint density at radius 2 is 2.38 bits per heavy atom. The number of rotatable bonds is 3. The molecule has 5 nitrogen and oxygen atoms in total. The number of nitrogens with one attached hydrogen (secondary N) is 1. The number of carbonyl (C=O) groups is 1. The van der Waals surface area contributed by atoms with Crippen LogP contribution in [0, 0.1) is 0 Å². The molecule has 5 heteroatoms. The maximum Gasteiger partial charge on any atom is 0.222 e. The van der Waals surface area contributed by atoms with Crippen molar-refractivity contribution in [1.82, 2.24) is 4.98 Å². The molecule has 2 rings (SSSR count). The summed E-state index contributed by atoms with van der Waals surface area (Å²) in [7, 11) is 0. The Balaban J connectivity index is 2.41. The van der Waals surface area contributed by atoms with Crippen molar-refractivity contribution in [3.8, 4) is 0 Å². The molecule has 0 bridgehead atoms. The van der Waals surface area contributed by atoms with E-state index >= 15 is 0 Å². The Morgan fingerprint density at radius 1 is 1.56 bits per heavy atom. The smallest absolute Gasteiger partial charge is 0.222 e. The Labute approximate surface area is 92.6 Å². The molecule has 1 amide bonds. The average molecular weight is 219 g/mol. The molecule has 0 aliphatic rings. The lowest BCUT2D eigenvalue weighted by atomic mass is 10.2. The molecule has 0 atom stereocenters. The first-order valence-electron chi connectivity index (χ1n) is 5.05. The van der Waals surface area contributed by atoms with E-state index in [0.717, 1.165) is 11.1 Å². The largest absolute Gasteiger partial charge is 0.462 e. The van der Waals surface area contributed by atoms with Crippen LogP contribution in [-0.4, -0.2) is 17.4 Å². The Morgan fingerprint density at radius 3 is 3.06 bits per heavy atom. The molecule has 0 saturated carbocycles. The van der Waals surface area contributed by atoms with Gasteiger partial charge in [0.25, 0.3) is 0 Å². The quantitative estimate of drug-likeness (QED) is 0.814. The second-order valence-electron chi connectivity index (χ2n) is 3.52. The third kappa shape index (κ3) is 2.04. The standard InChI is InChI=1S/C11H13N3O2/c1-7(15)13-10-3-2-9-11(14-10)8(4-5-12)6-16-9/h2-3,6H,4-5,12H2,1H3,(H,13,14,15). The maximum absolute atomic E-state index is 10.9. The first-order valence-corrected chi connectivity index (χ1v) is 5.05. The third-order valence-electron chi connectivity index (χ3n) is 2.21. The highest BCUT2D eigenvalue weighted by Gasteiger charge is 2.08. The van der Waals surface area contributed by atoms with E-state index in [1.54, 1.807) is 18.4 Å². The Hall–Kier alpha value is -1.88. The van der Waals surface area contributed by atoms with Gasteiger partial charge >= 0.3 is 0 Å². The van der Waals surface area contributed by atoms with E-state index in [9.17, 15) is 4.79 Å². The van der Waals surface area contributed by atoms with Gasteiger partial charge in [0.1, 0.15) is 11.3 Å². The van der Waals surface area contributed by atoms with Gasteiger partial charge in [-0.1, -0.05) is 0 Å². The van der Waals surface area contributed by atoms with Crippen molar-refractivity contribution in [1.29, 1.82) is 0 Å². The van der Waals surface area contributed by atoms with E-state index in [2.05, 4.69) is 10.3 Å². The van der Waals surface area contributed by atoms with Crippen molar-refractivity contribution in [3.63, 3.8) is 0 Å². The summed E-state index contributed by atoms with van der Waals surface area (Å²) in [6, 6.07) is 3.49. The van der Waals surface area contributed by atoms with Crippen molar-refractivity contribution in [2.75, 3.05) is 11.9 Å². The lowest BCUT2D eigenvalue weighted by Gasteiger charge is -2.00. The number of furan rings is 1. The molecule has 0 aromatic carbocycles. The summed E-state index contributed by atoms with van der Waals surface area (Å²) in [6.07, 6.45) is 2.37. The van der Waals surface area contributed by atoms with Gasteiger partial charge in [-0.15, -0.1) is 0 Å². The average Bonchev–Trinajstić information content (AvgIpc) is 2.61. The maximum atomic E-state index is 10.9. The van der Waals surface area contributed by atoms with Gasteiger partial charge in [-0.05, 0) is 25.1 Å². The lowest BCUT2D eigenvalue weighted by Crippen LogP contribution is -2.07. The van der Waals surface area contributed by atoms with Crippen molar-refractivity contribution in [2.45, 2.75) is 13.3 Å². The van der Waals surface area contributed by atoms with E-state index in [1.807, 2.05) is 0 Å². The number of fused-ring (bicyclic) bond motifs is 1.